The highest BCUT2D eigenvalue weighted by Gasteiger charge is 2.18. The van der Waals surface area contributed by atoms with E-state index in [4.69, 9.17) is 4.74 Å². The summed E-state index contributed by atoms with van der Waals surface area (Å²) in [7, 11) is 1.77. The standard InChI is InChI=1S/C26H27N3O3/c1-28(19-20-11-13-22(14-12-20)29-15-17-32-18-16-29)26(31)23-9-5-6-10-24(23)27-25(30)21-7-3-2-4-8-21/h2-14H,15-19H2,1H3,(H,27,30). The van der Waals surface area contributed by atoms with E-state index in [2.05, 4.69) is 34.5 Å². The van der Waals surface area contributed by atoms with Crippen LogP contribution in [0, 0.1) is 0 Å². The summed E-state index contributed by atoms with van der Waals surface area (Å²) in [6.07, 6.45) is 0. The summed E-state index contributed by atoms with van der Waals surface area (Å²) >= 11 is 0. The van der Waals surface area contributed by atoms with Gasteiger partial charge in [0.2, 0.25) is 0 Å². The Bertz CT molecular complexity index is 1060. The van der Waals surface area contributed by atoms with E-state index in [1.165, 1.54) is 5.69 Å². The molecule has 1 aliphatic rings. The number of amides is 2. The molecule has 1 aliphatic heterocycles. The number of carbonyl (C=O) groups excluding carboxylic acids is 2. The second-order valence-electron chi connectivity index (χ2n) is 7.79. The molecule has 0 atom stereocenters. The number of anilines is 2. The summed E-state index contributed by atoms with van der Waals surface area (Å²) in [6, 6.07) is 24.3. The number of morpholine rings is 1. The minimum atomic E-state index is -0.243. The van der Waals surface area contributed by atoms with Crippen molar-refractivity contribution in [3.05, 3.63) is 95.6 Å². The van der Waals surface area contributed by atoms with Gasteiger partial charge in [0, 0.05) is 37.9 Å². The van der Waals surface area contributed by atoms with Crippen LogP contribution in [-0.2, 0) is 11.3 Å². The van der Waals surface area contributed by atoms with Crippen LogP contribution in [0.3, 0.4) is 0 Å². The number of benzene rings is 3. The molecule has 0 saturated carbocycles. The van der Waals surface area contributed by atoms with Crippen LogP contribution in [0.15, 0.2) is 78.9 Å². The lowest BCUT2D eigenvalue weighted by Gasteiger charge is -2.29. The molecule has 3 aromatic carbocycles. The molecular formula is C26H27N3O3. The minimum absolute atomic E-state index is 0.147. The zero-order chi connectivity index (χ0) is 22.3. The maximum atomic E-state index is 13.2. The summed E-state index contributed by atoms with van der Waals surface area (Å²) in [5.74, 6) is -0.390. The van der Waals surface area contributed by atoms with Crippen molar-refractivity contribution >= 4 is 23.2 Å². The number of hydrogen-bond donors (Lipinski definition) is 1. The van der Waals surface area contributed by atoms with Gasteiger partial charge in [-0.25, -0.2) is 0 Å². The quantitative estimate of drug-likeness (QED) is 0.642. The lowest BCUT2D eigenvalue weighted by molar-refractivity contribution is 0.0786. The summed E-state index contributed by atoms with van der Waals surface area (Å²) in [5.41, 5.74) is 3.72. The zero-order valence-electron chi connectivity index (χ0n) is 18.2. The molecule has 32 heavy (non-hydrogen) atoms. The Labute approximate surface area is 188 Å². The first-order valence-electron chi connectivity index (χ1n) is 10.7. The van der Waals surface area contributed by atoms with E-state index in [9.17, 15) is 9.59 Å². The van der Waals surface area contributed by atoms with Crippen LogP contribution in [0.2, 0.25) is 0 Å². The number of carbonyl (C=O) groups is 2. The normalized spacial score (nSPS) is 13.5. The van der Waals surface area contributed by atoms with Crippen LogP contribution in [0.4, 0.5) is 11.4 Å². The van der Waals surface area contributed by atoms with E-state index in [0.29, 0.717) is 23.4 Å². The second kappa shape index (κ2) is 10.1. The SMILES string of the molecule is CN(Cc1ccc(N2CCOCC2)cc1)C(=O)c1ccccc1NC(=O)c1ccccc1. The molecule has 1 saturated heterocycles. The Morgan fingerprint density at radius 2 is 1.56 bits per heavy atom. The van der Waals surface area contributed by atoms with Gasteiger partial charge in [0.05, 0.1) is 24.5 Å². The third-order valence-electron chi connectivity index (χ3n) is 5.52. The zero-order valence-corrected chi connectivity index (χ0v) is 18.2. The minimum Gasteiger partial charge on any atom is -0.378 e. The first-order valence-corrected chi connectivity index (χ1v) is 10.7. The van der Waals surface area contributed by atoms with Gasteiger partial charge >= 0.3 is 0 Å². The first kappa shape index (κ1) is 21.6. The highest BCUT2D eigenvalue weighted by molar-refractivity contribution is 6.08. The number of para-hydroxylation sites is 1. The fourth-order valence-electron chi connectivity index (χ4n) is 3.75. The molecule has 1 N–H and O–H groups in total. The van der Waals surface area contributed by atoms with E-state index in [-0.39, 0.29) is 11.8 Å². The summed E-state index contributed by atoms with van der Waals surface area (Å²) in [6.45, 7) is 3.76. The van der Waals surface area contributed by atoms with Crippen molar-refractivity contribution in [2.75, 3.05) is 43.6 Å². The average Bonchev–Trinajstić information content (AvgIpc) is 2.85. The van der Waals surface area contributed by atoms with Crippen LogP contribution >= 0.6 is 0 Å². The predicted octanol–water partition coefficient (Wildman–Crippen LogP) is 4.05. The fourth-order valence-corrected chi connectivity index (χ4v) is 3.75. The third kappa shape index (κ3) is 5.15. The van der Waals surface area contributed by atoms with Gasteiger partial charge < -0.3 is 19.9 Å². The molecule has 0 radical (unpaired) electrons. The Hall–Kier alpha value is -3.64. The van der Waals surface area contributed by atoms with E-state index in [0.717, 1.165) is 31.9 Å². The summed E-state index contributed by atoms with van der Waals surface area (Å²) in [5, 5.41) is 2.87. The van der Waals surface area contributed by atoms with Gasteiger partial charge in [-0.2, -0.15) is 0 Å². The van der Waals surface area contributed by atoms with E-state index in [1.807, 2.05) is 24.3 Å². The number of nitrogens with one attached hydrogen (secondary N) is 1. The molecule has 0 aromatic heterocycles. The molecule has 6 heteroatoms. The Morgan fingerprint density at radius 1 is 0.906 bits per heavy atom. The van der Waals surface area contributed by atoms with Crippen LogP contribution in [-0.4, -0.2) is 50.1 Å². The van der Waals surface area contributed by atoms with Crippen molar-refractivity contribution in [3.63, 3.8) is 0 Å². The van der Waals surface area contributed by atoms with Gasteiger partial charge in [-0.15, -0.1) is 0 Å². The van der Waals surface area contributed by atoms with Crippen LogP contribution in [0.1, 0.15) is 26.3 Å². The number of ether oxygens (including phenoxy) is 1. The smallest absolute Gasteiger partial charge is 0.256 e. The molecule has 0 aliphatic carbocycles. The summed E-state index contributed by atoms with van der Waals surface area (Å²) < 4.78 is 5.41. The largest absolute Gasteiger partial charge is 0.378 e. The molecule has 0 bridgehead atoms. The Kier molecular flexibility index (Phi) is 6.82. The fraction of sp³-hybridized carbons (Fsp3) is 0.231. The van der Waals surface area contributed by atoms with E-state index >= 15 is 0 Å². The van der Waals surface area contributed by atoms with Crippen molar-refractivity contribution in [1.29, 1.82) is 0 Å². The number of rotatable bonds is 6. The lowest BCUT2D eigenvalue weighted by atomic mass is 10.1. The van der Waals surface area contributed by atoms with Gasteiger partial charge in [0.15, 0.2) is 0 Å². The Balaban J connectivity index is 1.43. The molecule has 1 fully saturated rings. The predicted molar refractivity (Wildman–Crippen MR) is 126 cm³/mol. The second-order valence-corrected chi connectivity index (χ2v) is 7.79. The Morgan fingerprint density at radius 3 is 2.28 bits per heavy atom. The van der Waals surface area contributed by atoms with Crippen LogP contribution in [0.25, 0.3) is 0 Å². The van der Waals surface area contributed by atoms with E-state index in [1.54, 1.807) is 42.3 Å². The molecule has 164 valence electrons. The van der Waals surface area contributed by atoms with Crippen LogP contribution < -0.4 is 10.2 Å². The molecular weight excluding hydrogens is 402 g/mol. The van der Waals surface area contributed by atoms with Gasteiger partial charge in [-0.05, 0) is 42.0 Å². The molecule has 1 heterocycles. The van der Waals surface area contributed by atoms with Crippen molar-refractivity contribution in [3.8, 4) is 0 Å². The van der Waals surface area contributed by atoms with Crippen molar-refractivity contribution in [2.24, 2.45) is 0 Å². The van der Waals surface area contributed by atoms with Crippen molar-refractivity contribution < 1.29 is 14.3 Å². The maximum Gasteiger partial charge on any atom is 0.256 e. The highest BCUT2D eigenvalue weighted by atomic mass is 16.5. The van der Waals surface area contributed by atoms with Gasteiger partial charge in [0.1, 0.15) is 0 Å². The molecule has 0 spiro atoms. The van der Waals surface area contributed by atoms with Crippen LogP contribution in [0.5, 0.6) is 0 Å². The van der Waals surface area contributed by atoms with Gasteiger partial charge in [-0.3, -0.25) is 9.59 Å². The highest BCUT2D eigenvalue weighted by Crippen LogP contribution is 2.21. The first-order chi connectivity index (χ1) is 15.6. The van der Waals surface area contributed by atoms with Crippen molar-refractivity contribution in [2.45, 2.75) is 6.54 Å². The molecule has 6 nitrogen and oxygen atoms in total. The molecule has 2 amide bonds. The topological polar surface area (TPSA) is 61.9 Å². The lowest BCUT2D eigenvalue weighted by Crippen LogP contribution is -2.36. The average molecular weight is 430 g/mol. The monoisotopic (exact) mass is 429 g/mol. The van der Waals surface area contributed by atoms with E-state index < -0.39 is 0 Å². The number of nitrogens with zero attached hydrogens (tertiary/aromatic N) is 2. The van der Waals surface area contributed by atoms with Crippen molar-refractivity contribution in [1.82, 2.24) is 4.90 Å². The molecule has 0 unspecified atom stereocenters. The summed E-state index contributed by atoms with van der Waals surface area (Å²) in [4.78, 5) is 29.7. The van der Waals surface area contributed by atoms with Gasteiger partial charge in [-0.1, -0.05) is 42.5 Å². The maximum absolute atomic E-state index is 13.2. The molecule has 4 rings (SSSR count). The third-order valence-corrected chi connectivity index (χ3v) is 5.52. The van der Waals surface area contributed by atoms with Gasteiger partial charge in [0.25, 0.3) is 11.8 Å². The molecule has 3 aromatic rings. The number of hydrogen-bond acceptors (Lipinski definition) is 4.